The third-order valence-electron chi connectivity index (χ3n) is 6.59. The van der Waals surface area contributed by atoms with Gasteiger partial charge in [0.05, 0.1) is 0 Å². The third-order valence-corrected chi connectivity index (χ3v) is 7.29. The highest BCUT2D eigenvalue weighted by atomic mass is 35.5. The van der Waals surface area contributed by atoms with Crippen molar-refractivity contribution in [1.29, 1.82) is 0 Å². The van der Waals surface area contributed by atoms with Crippen molar-refractivity contribution in [2.45, 2.75) is 19.2 Å². The first-order valence-corrected chi connectivity index (χ1v) is 13.2. The van der Waals surface area contributed by atoms with E-state index in [0.29, 0.717) is 57.4 Å². The number of anilines is 1. The second-order valence-electron chi connectivity index (χ2n) is 9.19. The number of rotatable bonds is 9. The first-order chi connectivity index (χ1) is 19.4. The Kier molecular flexibility index (Phi) is 7.19. The van der Waals surface area contributed by atoms with Gasteiger partial charge in [0, 0.05) is 46.5 Å². The van der Waals surface area contributed by atoms with Crippen LogP contribution in [-0.4, -0.2) is 24.7 Å². The molecule has 4 aromatic rings. The molecule has 0 saturated heterocycles. The summed E-state index contributed by atoms with van der Waals surface area (Å²) in [6.07, 6.45) is -1.14. The number of hydrogen-bond acceptors (Lipinski definition) is 7. The van der Waals surface area contributed by atoms with E-state index in [1.807, 2.05) is 30.3 Å². The molecule has 0 amide bonds. The summed E-state index contributed by atoms with van der Waals surface area (Å²) in [5.41, 5.74) is 3.05. The SMILES string of the molecule is O=C(O)C(Oc1ccc(N(Cc2cc3c(cc2Cl)OCO3)Cc2cc3c(cc2Cl)OCO3)cc1)c1ccccc1. The van der Waals surface area contributed by atoms with Gasteiger partial charge >= 0.3 is 5.97 Å². The Bertz CT molecular complexity index is 1480. The number of carboxylic acids is 1. The molecule has 6 rings (SSSR count). The summed E-state index contributed by atoms with van der Waals surface area (Å²) in [6, 6.07) is 23.3. The normalized spacial score (nSPS) is 13.7. The smallest absolute Gasteiger partial charge is 0.349 e. The van der Waals surface area contributed by atoms with Crippen molar-refractivity contribution in [3.63, 3.8) is 0 Å². The highest BCUT2D eigenvalue weighted by molar-refractivity contribution is 6.32. The molecule has 0 saturated carbocycles. The molecule has 2 aliphatic heterocycles. The molecule has 4 aromatic carbocycles. The van der Waals surface area contributed by atoms with Crippen LogP contribution in [0.15, 0.2) is 78.9 Å². The maximum Gasteiger partial charge on any atom is 0.349 e. The van der Waals surface area contributed by atoms with E-state index in [4.69, 9.17) is 46.9 Å². The highest BCUT2D eigenvalue weighted by Crippen LogP contribution is 2.40. The Morgan fingerprint density at radius 3 is 1.77 bits per heavy atom. The number of aliphatic carboxylic acids is 1. The van der Waals surface area contributed by atoms with Crippen LogP contribution in [0.5, 0.6) is 28.7 Å². The lowest BCUT2D eigenvalue weighted by molar-refractivity contribution is -0.145. The number of hydrogen-bond donors (Lipinski definition) is 1. The number of carboxylic acid groups (broad SMARTS) is 1. The van der Waals surface area contributed by atoms with Crippen LogP contribution < -0.4 is 28.6 Å². The van der Waals surface area contributed by atoms with Gasteiger partial charge in [0.2, 0.25) is 19.7 Å². The van der Waals surface area contributed by atoms with Gasteiger partial charge in [-0.3, -0.25) is 0 Å². The Labute approximate surface area is 240 Å². The van der Waals surface area contributed by atoms with Gasteiger partial charge in [-0.1, -0.05) is 53.5 Å². The minimum absolute atomic E-state index is 0.146. The molecule has 2 aliphatic rings. The Morgan fingerprint density at radius 1 is 0.775 bits per heavy atom. The van der Waals surface area contributed by atoms with E-state index in [9.17, 15) is 9.90 Å². The fourth-order valence-corrected chi connectivity index (χ4v) is 5.00. The van der Waals surface area contributed by atoms with Crippen LogP contribution in [0.25, 0.3) is 0 Å². The second kappa shape index (κ2) is 11.1. The summed E-state index contributed by atoms with van der Waals surface area (Å²) < 4.78 is 27.9. The van der Waals surface area contributed by atoms with Crippen molar-refractivity contribution >= 4 is 34.9 Å². The lowest BCUT2D eigenvalue weighted by Gasteiger charge is -2.27. The van der Waals surface area contributed by atoms with Crippen molar-refractivity contribution in [3.05, 3.63) is 106 Å². The molecule has 8 nitrogen and oxygen atoms in total. The number of benzene rings is 4. The molecular formula is C30H23Cl2NO7. The van der Waals surface area contributed by atoms with Gasteiger partial charge in [-0.2, -0.15) is 0 Å². The average molecular weight is 580 g/mol. The Morgan fingerprint density at radius 2 is 1.27 bits per heavy atom. The fraction of sp³-hybridized carbons (Fsp3) is 0.167. The van der Waals surface area contributed by atoms with Crippen LogP contribution >= 0.6 is 23.2 Å². The molecule has 0 bridgehead atoms. The highest BCUT2D eigenvalue weighted by Gasteiger charge is 2.23. The second-order valence-corrected chi connectivity index (χ2v) is 10.0. The zero-order chi connectivity index (χ0) is 27.6. The predicted molar refractivity (Wildman–Crippen MR) is 149 cm³/mol. The molecular weight excluding hydrogens is 557 g/mol. The number of nitrogens with zero attached hydrogens (tertiary/aromatic N) is 1. The van der Waals surface area contributed by atoms with E-state index in [1.54, 1.807) is 48.5 Å². The predicted octanol–water partition coefficient (Wildman–Crippen LogP) is 6.86. The van der Waals surface area contributed by atoms with E-state index < -0.39 is 12.1 Å². The summed E-state index contributed by atoms with van der Waals surface area (Å²) in [4.78, 5) is 14.0. The lowest BCUT2D eigenvalue weighted by atomic mass is 10.1. The minimum atomic E-state index is -1.14. The monoisotopic (exact) mass is 579 g/mol. The summed E-state index contributed by atoms with van der Waals surface area (Å²) in [6.45, 7) is 1.13. The molecule has 0 spiro atoms. The van der Waals surface area contributed by atoms with Crippen LogP contribution in [0, 0.1) is 0 Å². The van der Waals surface area contributed by atoms with Crippen LogP contribution in [-0.2, 0) is 17.9 Å². The number of halogens is 2. The van der Waals surface area contributed by atoms with Crippen molar-refractivity contribution in [3.8, 4) is 28.7 Å². The third kappa shape index (κ3) is 5.41. The molecule has 2 heterocycles. The largest absolute Gasteiger partial charge is 0.478 e. The lowest BCUT2D eigenvalue weighted by Crippen LogP contribution is -2.22. The van der Waals surface area contributed by atoms with Gasteiger partial charge in [-0.15, -0.1) is 0 Å². The molecule has 10 heteroatoms. The summed E-state index contributed by atoms with van der Waals surface area (Å²) in [5, 5.41) is 10.8. The van der Waals surface area contributed by atoms with Crippen molar-refractivity contribution in [2.24, 2.45) is 0 Å². The van der Waals surface area contributed by atoms with Gasteiger partial charge in [0.15, 0.2) is 23.0 Å². The van der Waals surface area contributed by atoms with E-state index in [2.05, 4.69) is 4.90 Å². The van der Waals surface area contributed by atoms with Gasteiger partial charge in [0.1, 0.15) is 5.75 Å². The minimum Gasteiger partial charge on any atom is -0.478 e. The topological polar surface area (TPSA) is 86.7 Å². The van der Waals surface area contributed by atoms with E-state index in [-0.39, 0.29) is 13.6 Å². The summed E-state index contributed by atoms with van der Waals surface area (Å²) in [7, 11) is 0. The van der Waals surface area contributed by atoms with Crippen molar-refractivity contribution < 1.29 is 33.6 Å². The number of carbonyl (C=O) groups is 1. The standard InChI is InChI=1S/C30H23Cl2NO7/c31-23-12-27-25(36-16-38-27)10-19(23)14-33(15-20-11-26-28(13-24(20)32)39-17-37-26)21-6-8-22(9-7-21)40-29(30(34)35)18-4-2-1-3-5-18/h1-13,29H,14-17H2,(H,34,35). The number of ether oxygens (including phenoxy) is 5. The molecule has 204 valence electrons. The van der Waals surface area contributed by atoms with Gasteiger partial charge in [-0.25, -0.2) is 4.79 Å². The van der Waals surface area contributed by atoms with Gasteiger partial charge < -0.3 is 33.7 Å². The number of fused-ring (bicyclic) bond motifs is 2. The molecule has 0 radical (unpaired) electrons. The molecule has 0 aliphatic carbocycles. The average Bonchev–Trinajstić information content (AvgIpc) is 3.61. The van der Waals surface area contributed by atoms with E-state index in [1.165, 1.54) is 0 Å². The molecule has 0 aromatic heterocycles. The van der Waals surface area contributed by atoms with Gasteiger partial charge in [-0.05, 0) is 47.5 Å². The Balaban J connectivity index is 1.30. The molecule has 1 unspecified atom stereocenters. The van der Waals surface area contributed by atoms with E-state index >= 15 is 0 Å². The molecule has 1 N–H and O–H groups in total. The van der Waals surface area contributed by atoms with Crippen LogP contribution in [0.2, 0.25) is 10.0 Å². The first kappa shape index (κ1) is 26.0. The summed E-state index contributed by atoms with van der Waals surface area (Å²) in [5.74, 6) is 1.81. The fourth-order valence-electron chi connectivity index (χ4n) is 4.57. The molecule has 40 heavy (non-hydrogen) atoms. The van der Waals surface area contributed by atoms with E-state index in [0.717, 1.165) is 16.8 Å². The zero-order valence-corrected chi connectivity index (χ0v) is 22.5. The van der Waals surface area contributed by atoms with Crippen molar-refractivity contribution in [1.82, 2.24) is 0 Å². The first-order valence-electron chi connectivity index (χ1n) is 12.4. The maximum absolute atomic E-state index is 11.9. The van der Waals surface area contributed by atoms with Crippen molar-refractivity contribution in [2.75, 3.05) is 18.5 Å². The Hall–Kier alpha value is -4.27. The van der Waals surface area contributed by atoms with Crippen LogP contribution in [0.4, 0.5) is 5.69 Å². The quantitative estimate of drug-likeness (QED) is 0.230. The zero-order valence-electron chi connectivity index (χ0n) is 21.0. The summed E-state index contributed by atoms with van der Waals surface area (Å²) >= 11 is 13.2. The molecule has 0 fully saturated rings. The maximum atomic E-state index is 11.9. The van der Waals surface area contributed by atoms with Gasteiger partial charge in [0.25, 0.3) is 0 Å². The van der Waals surface area contributed by atoms with Crippen LogP contribution in [0.1, 0.15) is 22.8 Å². The molecule has 1 atom stereocenters. The van der Waals surface area contributed by atoms with Crippen LogP contribution in [0.3, 0.4) is 0 Å².